The van der Waals surface area contributed by atoms with Crippen LogP contribution in [-0.2, 0) is 19.2 Å². The zero-order valence-corrected chi connectivity index (χ0v) is 14.6. The summed E-state index contributed by atoms with van der Waals surface area (Å²) in [5.74, 6) is -6.12. The van der Waals surface area contributed by atoms with Crippen molar-refractivity contribution in [1.29, 1.82) is 0 Å². The Morgan fingerprint density at radius 3 is 0.952 bits per heavy atom. The normalized spacial score (nSPS) is 10.2. The maximum Gasteiger partial charge on any atom is 3.00 e. The monoisotopic (exact) mass is 428 g/mol. The fourth-order valence-corrected chi connectivity index (χ4v) is 1.44. The molecule has 10 nitrogen and oxygen atoms in total. The first kappa shape index (κ1) is 22.3. The van der Waals surface area contributed by atoms with Crippen LogP contribution in [0, 0.1) is 35.6 Å². The van der Waals surface area contributed by atoms with E-state index in [2.05, 4.69) is 0 Å². The predicted molar refractivity (Wildman–Crippen MR) is 54.0 cm³/mol. The third-order valence-electron chi connectivity index (χ3n) is 2.14. The summed E-state index contributed by atoms with van der Waals surface area (Å²) in [6, 6.07) is 0. The van der Waals surface area contributed by atoms with Crippen LogP contribution in [0.15, 0.2) is 0 Å². The molecule has 0 unspecified atom stereocenters. The van der Waals surface area contributed by atoms with Gasteiger partial charge in [0.15, 0.2) is 0 Å². The van der Waals surface area contributed by atoms with E-state index in [-0.39, 0.29) is 50.1 Å². The van der Waals surface area contributed by atoms with E-state index in [1.807, 2.05) is 0 Å². The van der Waals surface area contributed by atoms with Crippen LogP contribution in [0.25, 0.3) is 0 Å². The van der Waals surface area contributed by atoms with Crippen molar-refractivity contribution in [2.45, 2.75) is 0 Å². The Morgan fingerprint density at radius 1 is 0.619 bits per heavy atom. The fraction of sp³-hybridized carbons (Fsp3) is 0.600. The zero-order chi connectivity index (χ0) is 15.7. The van der Waals surface area contributed by atoms with E-state index in [0.29, 0.717) is 0 Å². The molecular formula is C10H13LaN2O8. The largest absolute Gasteiger partial charge is 3.00 e. The van der Waals surface area contributed by atoms with Gasteiger partial charge < -0.3 is 39.6 Å². The number of hydrogen-bond donors (Lipinski definition) is 0. The minimum absolute atomic E-state index is 0. The van der Waals surface area contributed by atoms with Gasteiger partial charge in [0.25, 0.3) is 0 Å². The Kier molecular flexibility index (Phi) is 12.3. The molecule has 0 aromatic rings. The molecule has 0 fully saturated rings. The minimum Gasteiger partial charge on any atom is -0.549 e. The molecule has 0 atom stereocenters. The molecule has 0 rings (SSSR count). The van der Waals surface area contributed by atoms with Gasteiger partial charge in [-0.3, -0.25) is 9.80 Å². The summed E-state index contributed by atoms with van der Waals surface area (Å²) in [4.78, 5) is 43.4. The summed E-state index contributed by atoms with van der Waals surface area (Å²) < 4.78 is 0. The molecule has 0 aliphatic rings. The molecular weight excluding hydrogens is 415 g/mol. The van der Waals surface area contributed by atoms with Crippen LogP contribution in [-0.4, -0.2) is 72.9 Å². The second kappa shape index (κ2) is 11.6. The Hall–Kier alpha value is -1.01. The van der Waals surface area contributed by atoms with Crippen molar-refractivity contribution >= 4 is 23.9 Å². The maximum atomic E-state index is 10.4. The Bertz CT molecular complexity index is 327. The average molecular weight is 428 g/mol. The summed E-state index contributed by atoms with van der Waals surface area (Å²) >= 11 is 0. The Balaban J connectivity index is -0.00000180. The molecule has 0 N–H and O–H groups in total. The Morgan fingerprint density at radius 2 is 0.810 bits per heavy atom. The summed E-state index contributed by atoms with van der Waals surface area (Å²) in [6.07, 6.45) is 0. The number of carbonyl (C=O) groups is 4. The first-order chi connectivity index (χ1) is 9.20. The van der Waals surface area contributed by atoms with Crippen molar-refractivity contribution in [3.63, 3.8) is 0 Å². The van der Waals surface area contributed by atoms with Crippen LogP contribution in [0.5, 0.6) is 0 Å². The number of carbonyl (C=O) groups excluding carboxylic acids is 4. The summed E-state index contributed by atoms with van der Waals surface area (Å²) in [5, 5.41) is 41.6. The second-order valence-electron chi connectivity index (χ2n) is 3.91. The first-order valence-electron chi connectivity index (χ1n) is 5.44. The van der Waals surface area contributed by atoms with E-state index in [1.54, 1.807) is 0 Å². The van der Waals surface area contributed by atoms with Gasteiger partial charge >= 0.3 is 37.0 Å². The SMILES string of the molecule is O=C([O-])CN(CCN(CC(=O)[O-])CC(=O)[O-])CC(=O)[O-].[H+].[La+3]. The van der Waals surface area contributed by atoms with Gasteiger partial charge in [0, 0.05) is 39.3 Å². The van der Waals surface area contributed by atoms with Crippen LogP contribution in [0.4, 0.5) is 0 Å². The third-order valence-corrected chi connectivity index (χ3v) is 2.14. The number of carboxylic acid groups (broad SMARTS) is 4. The first-order valence-corrected chi connectivity index (χ1v) is 5.44. The third kappa shape index (κ3) is 13.7. The molecule has 0 aliphatic heterocycles. The average Bonchev–Trinajstić information content (AvgIpc) is 2.22. The van der Waals surface area contributed by atoms with Gasteiger partial charge in [-0.2, -0.15) is 0 Å². The summed E-state index contributed by atoms with van der Waals surface area (Å²) in [6.45, 7) is -3.25. The molecule has 11 heteroatoms. The number of aliphatic carboxylic acids is 4. The smallest absolute Gasteiger partial charge is 0.549 e. The zero-order valence-electron chi connectivity index (χ0n) is 12.0. The van der Waals surface area contributed by atoms with Gasteiger partial charge in [0.1, 0.15) is 0 Å². The molecule has 0 bridgehead atoms. The molecule has 0 aromatic carbocycles. The van der Waals surface area contributed by atoms with Gasteiger partial charge in [0.2, 0.25) is 0 Å². The van der Waals surface area contributed by atoms with Crippen molar-refractivity contribution in [3.05, 3.63) is 0 Å². The van der Waals surface area contributed by atoms with Crippen molar-refractivity contribution in [1.82, 2.24) is 9.80 Å². The van der Waals surface area contributed by atoms with E-state index in [1.165, 1.54) is 0 Å². The van der Waals surface area contributed by atoms with Crippen LogP contribution >= 0.6 is 0 Å². The minimum atomic E-state index is -1.53. The Labute approximate surface area is 149 Å². The number of nitrogens with zero attached hydrogens (tertiary/aromatic N) is 2. The van der Waals surface area contributed by atoms with Gasteiger partial charge in [-0.05, 0) is 0 Å². The quantitative estimate of drug-likeness (QED) is 0.308. The standard InChI is InChI=1S/C10H16N2O8.La/c13-7(14)3-11(4-8(15)16)1-2-12(5-9(17)18)6-10(19)20;/h1-6H2,(H,13,14)(H,15,16)(H,17,18)(H,19,20);/q;+3/p-3. The molecule has 114 valence electrons. The second-order valence-corrected chi connectivity index (χ2v) is 3.91. The van der Waals surface area contributed by atoms with Gasteiger partial charge in [-0.15, -0.1) is 0 Å². The van der Waals surface area contributed by atoms with Crippen molar-refractivity contribution in [2.75, 3.05) is 39.3 Å². The van der Waals surface area contributed by atoms with E-state index < -0.39 is 50.1 Å². The molecule has 0 saturated heterocycles. The van der Waals surface area contributed by atoms with Crippen molar-refractivity contribution in [2.24, 2.45) is 0 Å². The number of rotatable bonds is 11. The summed E-state index contributed by atoms with van der Waals surface area (Å²) in [7, 11) is 0. The van der Waals surface area contributed by atoms with E-state index in [0.717, 1.165) is 9.80 Å². The molecule has 0 radical (unpaired) electrons. The summed E-state index contributed by atoms with van der Waals surface area (Å²) in [5.41, 5.74) is 0. The molecule has 0 aromatic heterocycles. The van der Waals surface area contributed by atoms with E-state index in [9.17, 15) is 39.6 Å². The topological polar surface area (TPSA) is 167 Å². The van der Waals surface area contributed by atoms with Crippen LogP contribution in [0.1, 0.15) is 1.43 Å². The predicted octanol–water partition coefficient (Wildman–Crippen LogP) is -7.30. The molecule has 0 amide bonds. The van der Waals surface area contributed by atoms with Crippen LogP contribution in [0.2, 0.25) is 0 Å². The van der Waals surface area contributed by atoms with Gasteiger partial charge in [-0.1, -0.05) is 0 Å². The van der Waals surface area contributed by atoms with Crippen molar-refractivity contribution in [3.8, 4) is 0 Å². The molecule has 21 heavy (non-hydrogen) atoms. The number of carboxylic acids is 4. The van der Waals surface area contributed by atoms with E-state index >= 15 is 0 Å². The van der Waals surface area contributed by atoms with Gasteiger partial charge in [0.05, 0.1) is 23.9 Å². The molecule has 0 heterocycles. The van der Waals surface area contributed by atoms with E-state index in [4.69, 9.17) is 0 Å². The fourth-order valence-electron chi connectivity index (χ4n) is 1.44. The van der Waals surface area contributed by atoms with Crippen LogP contribution < -0.4 is 20.4 Å². The molecule has 0 spiro atoms. The number of hydrogen-bond acceptors (Lipinski definition) is 10. The molecule has 0 saturated carbocycles. The van der Waals surface area contributed by atoms with Gasteiger partial charge in [-0.25, -0.2) is 0 Å². The molecule has 0 aliphatic carbocycles. The van der Waals surface area contributed by atoms with Crippen molar-refractivity contribution < 1.29 is 76.6 Å². The maximum absolute atomic E-state index is 10.4. The van der Waals surface area contributed by atoms with Crippen LogP contribution in [0.3, 0.4) is 0 Å².